The molecule has 1 aromatic heterocycles. The van der Waals surface area contributed by atoms with E-state index in [4.69, 9.17) is 0 Å². The first-order valence-corrected chi connectivity index (χ1v) is 9.84. The van der Waals surface area contributed by atoms with Gasteiger partial charge in [-0.15, -0.1) is 0 Å². The van der Waals surface area contributed by atoms with Crippen LogP contribution in [-0.2, 0) is 6.42 Å². The Bertz CT molecular complexity index is 828. The number of hydrogen-bond donors (Lipinski definition) is 3. The van der Waals surface area contributed by atoms with E-state index in [0.29, 0.717) is 30.5 Å². The number of aromatic hydroxyl groups is 1. The molecule has 1 saturated heterocycles. The van der Waals surface area contributed by atoms with Crippen molar-refractivity contribution in [3.05, 3.63) is 59.2 Å². The molecule has 3 atom stereocenters. The van der Waals surface area contributed by atoms with Gasteiger partial charge in [-0.1, -0.05) is 6.07 Å². The Balaban J connectivity index is 1.34. The van der Waals surface area contributed by atoms with Crippen LogP contribution in [0.4, 0.5) is 4.39 Å². The average molecular weight is 386 g/mol. The molecule has 0 radical (unpaired) electrons. The summed E-state index contributed by atoms with van der Waals surface area (Å²) in [6.07, 6.45) is 2.68. The number of fused-ring (bicyclic) bond motifs is 1. The molecule has 3 unspecified atom stereocenters. The number of nitrogens with zero attached hydrogens (tertiary/aromatic N) is 2. The molecule has 6 heteroatoms. The standard InChI is InChI=1S/C22H27FN2O3/c1-14-6-18(23)3-2-15(14)7-22(28)8-16-11-25(12-17(16)9-22)13-21(27)20-5-4-19(26)10-24-20/h2-6,10,16-17,21,26-28H,7-9,11-13H2,1H3. The minimum atomic E-state index is -0.735. The second-order valence-electron chi connectivity index (χ2n) is 8.58. The normalized spacial score (nSPS) is 28.4. The van der Waals surface area contributed by atoms with Gasteiger partial charge in [-0.25, -0.2) is 4.39 Å². The summed E-state index contributed by atoms with van der Waals surface area (Å²) in [6.45, 7) is 4.09. The van der Waals surface area contributed by atoms with E-state index in [9.17, 15) is 19.7 Å². The number of hydrogen-bond acceptors (Lipinski definition) is 5. The minimum Gasteiger partial charge on any atom is -0.506 e. The number of aliphatic hydroxyl groups is 2. The zero-order chi connectivity index (χ0) is 19.9. The summed E-state index contributed by atoms with van der Waals surface area (Å²) in [6, 6.07) is 7.93. The third-order valence-corrected chi connectivity index (χ3v) is 6.30. The maximum absolute atomic E-state index is 13.3. The predicted molar refractivity (Wildman–Crippen MR) is 103 cm³/mol. The molecular weight excluding hydrogens is 359 g/mol. The van der Waals surface area contributed by atoms with Crippen molar-refractivity contribution in [2.45, 2.75) is 37.9 Å². The molecule has 3 N–H and O–H groups in total. The van der Waals surface area contributed by atoms with E-state index >= 15 is 0 Å². The highest BCUT2D eigenvalue weighted by molar-refractivity contribution is 5.28. The molecule has 1 aromatic carbocycles. The molecular formula is C22H27FN2O3. The van der Waals surface area contributed by atoms with Crippen molar-refractivity contribution in [2.75, 3.05) is 19.6 Å². The first kappa shape index (κ1) is 19.3. The summed E-state index contributed by atoms with van der Waals surface area (Å²) in [5.41, 5.74) is 1.71. The van der Waals surface area contributed by atoms with Crippen LogP contribution in [-0.4, -0.2) is 50.4 Å². The van der Waals surface area contributed by atoms with Gasteiger partial charge in [-0.2, -0.15) is 0 Å². The van der Waals surface area contributed by atoms with E-state index in [1.165, 1.54) is 24.4 Å². The van der Waals surface area contributed by atoms with Gasteiger partial charge in [0.1, 0.15) is 17.7 Å². The summed E-state index contributed by atoms with van der Waals surface area (Å²) in [5.74, 6) is 0.660. The van der Waals surface area contributed by atoms with Crippen molar-refractivity contribution in [1.82, 2.24) is 9.88 Å². The molecule has 1 aliphatic carbocycles. The Kier molecular flexibility index (Phi) is 5.12. The maximum Gasteiger partial charge on any atom is 0.133 e. The van der Waals surface area contributed by atoms with Crippen LogP contribution < -0.4 is 0 Å². The lowest BCUT2D eigenvalue weighted by Gasteiger charge is -2.27. The summed E-state index contributed by atoms with van der Waals surface area (Å²) in [4.78, 5) is 6.32. The fourth-order valence-corrected chi connectivity index (χ4v) is 5.00. The molecule has 0 bridgehead atoms. The van der Waals surface area contributed by atoms with Crippen molar-refractivity contribution in [3.63, 3.8) is 0 Å². The van der Waals surface area contributed by atoms with Crippen molar-refractivity contribution in [1.29, 1.82) is 0 Å². The van der Waals surface area contributed by atoms with Crippen LogP contribution in [0.3, 0.4) is 0 Å². The van der Waals surface area contributed by atoms with Gasteiger partial charge in [0.15, 0.2) is 0 Å². The lowest BCUT2D eigenvalue weighted by atomic mass is 9.89. The van der Waals surface area contributed by atoms with E-state index in [2.05, 4.69) is 9.88 Å². The Hall–Kier alpha value is -2.02. The first-order chi connectivity index (χ1) is 13.3. The van der Waals surface area contributed by atoms with Crippen molar-refractivity contribution >= 4 is 0 Å². The van der Waals surface area contributed by atoms with Crippen LogP contribution in [0.5, 0.6) is 5.75 Å². The predicted octanol–water partition coefficient (Wildman–Crippen LogP) is 2.58. The fraction of sp³-hybridized carbons (Fsp3) is 0.500. The van der Waals surface area contributed by atoms with Gasteiger partial charge in [0.2, 0.25) is 0 Å². The van der Waals surface area contributed by atoms with Crippen LogP contribution in [0.25, 0.3) is 0 Å². The number of likely N-dealkylation sites (tertiary alicyclic amines) is 1. The molecule has 0 spiro atoms. The third-order valence-electron chi connectivity index (χ3n) is 6.30. The van der Waals surface area contributed by atoms with E-state index in [-0.39, 0.29) is 11.6 Å². The van der Waals surface area contributed by atoms with Gasteiger partial charge < -0.3 is 15.3 Å². The first-order valence-electron chi connectivity index (χ1n) is 9.84. The number of aryl methyl sites for hydroxylation is 1. The highest BCUT2D eigenvalue weighted by atomic mass is 19.1. The van der Waals surface area contributed by atoms with E-state index in [0.717, 1.165) is 37.1 Å². The average Bonchev–Trinajstić information content (AvgIpc) is 3.12. The van der Waals surface area contributed by atoms with E-state index < -0.39 is 11.7 Å². The number of pyridine rings is 1. The summed E-state index contributed by atoms with van der Waals surface area (Å²) >= 11 is 0. The quantitative estimate of drug-likeness (QED) is 0.736. The molecule has 2 heterocycles. The van der Waals surface area contributed by atoms with E-state index in [1.54, 1.807) is 12.1 Å². The van der Waals surface area contributed by atoms with Crippen LogP contribution >= 0.6 is 0 Å². The van der Waals surface area contributed by atoms with Gasteiger partial charge >= 0.3 is 0 Å². The van der Waals surface area contributed by atoms with Gasteiger partial charge in [0.25, 0.3) is 0 Å². The molecule has 2 fully saturated rings. The van der Waals surface area contributed by atoms with Crippen LogP contribution in [0.15, 0.2) is 36.5 Å². The smallest absolute Gasteiger partial charge is 0.133 e. The summed E-state index contributed by atoms with van der Waals surface area (Å²) in [7, 11) is 0. The zero-order valence-corrected chi connectivity index (χ0v) is 16.1. The van der Waals surface area contributed by atoms with Crippen molar-refractivity contribution in [3.8, 4) is 5.75 Å². The van der Waals surface area contributed by atoms with Crippen LogP contribution in [0.1, 0.15) is 35.8 Å². The number of aromatic nitrogens is 1. The maximum atomic E-state index is 13.3. The van der Waals surface area contributed by atoms with Crippen molar-refractivity contribution < 1.29 is 19.7 Å². The van der Waals surface area contributed by atoms with E-state index in [1.807, 2.05) is 6.92 Å². The summed E-state index contributed by atoms with van der Waals surface area (Å²) in [5, 5.41) is 30.9. The highest BCUT2D eigenvalue weighted by Gasteiger charge is 2.48. The molecule has 2 aromatic rings. The Morgan fingerprint density at radius 2 is 1.93 bits per heavy atom. The van der Waals surface area contributed by atoms with Gasteiger partial charge in [0, 0.05) is 26.1 Å². The summed E-state index contributed by atoms with van der Waals surface area (Å²) < 4.78 is 13.3. The van der Waals surface area contributed by atoms with Crippen LogP contribution in [0.2, 0.25) is 0 Å². The van der Waals surface area contributed by atoms with Gasteiger partial charge in [-0.05, 0) is 67.0 Å². The number of aliphatic hydroxyl groups excluding tert-OH is 1. The van der Waals surface area contributed by atoms with Gasteiger partial charge in [-0.3, -0.25) is 9.88 Å². The Labute approximate surface area is 164 Å². The zero-order valence-electron chi connectivity index (χ0n) is 16.1. The Morgan fingerprint density at radius 3 is 2.54 bits per heavy atom. The lowest BCUT2D eigenvalue weighted by Crippen LogP contribution is -2.33. The molecule has 150 valence electrons. The van der Waals surface area contributed by atoms with Crippen molar-refractivity contribution in [2.24, 2.45) is 11.8 Å². The monoisotopic (exact) mass is 386 g/mol. The number of halogens is 1. The largest absolute Gasteiger partial charge is 0.506 e. The van der Waals surface area contributed by atoms with Crippen LogP contribution in [0, 0.1) is 24.6 Å². The molecule has 28 heavy (non-hydrogen) atoms. The molecule has 5 nitrogen and oxygen atoms in total. The SMILES string of the molecule is Cc1cc(F)ccc1CC1(O)CC2CN(CC(O)c3ccc(O)cn3)CC2C1. The molecule has 1 aliphatic heterocycles. The minimum absolute atomic E-state index is 0.0855. The highest BCUT2D eigenvalue weighted by Crippen LogP contribution is 2.45. The molecule has 2 aliphatic rings. The number of rotatable bonds is 5. The topological polar surface area (TPSA) is 76.8 Å². The fourth-order valence-electron chi connectivity index (χ4n) is 5.00. The second-order valence-corrected chi connectivity index (χ2v) is 8.58. The number of benzene rings is 1. The molecule has 4 rings (SSSR count). The lowest BCUT2D eigenvalue weighted by molar-refractivity contribution is 0.0325. The third kappa shape index (κ3) is 4.04. The number of β-amino-alcohol motifs (C(OH)–C–C–N with tert-alkyl or cyclic N) is 1. The Morgan fingerprint density at radius 1 is 1.21 bits per heavy atom. The van der Waals surface area contributed by atoms with Gasteiger partial charge in [0.05, 0.1) is 17.5 Å². The molecule has 0 amide bonds. The second kappa shape index (κ2) is 7.43. The molecule has 1 saturated carbocycles.